The SMILES string of the molecule is c1ccc2c(-c3nc(-c4ccncc4)no3)cc(-c3ccncc3)nc2c1. The van der Waals surface area contributed by atoms with Gasteiger partial charge in [-0.2, -0.15) is 4.98 Å². The largest absolute Gasteiger partial charge is 0.334 e. The normalized spacial score (nSPS) is 11.0. The third-order valence-corrected chi connectivity index (χ3v) is 4.29. The van der Waals surface area contributed by atoms with Crippen molar-refractivity contribution >= 4 is 10.9 Å². The first kappa shape index (κ1) is 15.3. The maximum absolute atomic E-state index is 5.58. The van der Waals surface area contributed by atoms with Gasteiger partial charge in [-0.05, 0) is 36.4 Å². The maximum Gasteiger partial charge on any atom is 0.259 e. The Bertz CT molecular complexity index is 1220. The molecule has 5 aromatic rings. The van der Waals surface area contributed by atoms with Crippen LogP contribution in [0.3, 0.4) is 0 Å². The number of para-hydroxylation sites is 1. The highest BCUT2D eigenvalue weighted by atomic mass is 16.5. The maximum atomic E-state index is 5.58. The van der Waals surface area contributed by atoms with Crippen molar-refractivity contribution in [3.63, 3.8) is 0 Å². The van der Waals surface area contributed by atoms with Gasteiger partial charge in [-0.25, -0.2) is 4.98 Å². The molecule has 4 aromatic heterocycles. The van der Waals surface area contributed by atoms with Crippen molar-refractivity contribution in [1.29, 1.82) is 0 Å². The lowest BCUT2D eigenvalue weighted by molar-refractivity contribution is 0.432. The van der Waals surface area contributed by atoms with Gasteiger partial charge in [0, 0.05) is 41.3 Å². The van der Waals surface area contributed by atoms with E-state index in [0.717, 1.165) is 33.3 Å². The summed E-state index contributed by atoms with van der Waals surface area (Å²) in [6.45, 7) is 0. The lowest BCUT2D eigenvalue weighted by Gasteiger charge is -2.07. The molecule has 1 aromatic carbocycles. The Morgan fingerprint density at radius 1 is 0.704 bits per heavy atom. The van der Waals surface area contributed by atoms with Gasteiger partial charge in [0.25, 0.3) is 5.89 Å². The van der Waals surface area contributed by atoms with E-state index in [1.165, 1.54) is 0 Å². The van der Waals surface area contributed by atoms with Gasteiger partial charge in [-0.3, -0.25) is 9.97 Å². The van der Waals surface area contributed by atoms with Crippen LogP contribution in [0.15, 0.2) is 83.9 Å². The second-order valence-electron chi connectivity index (χ2n) is 5.97. The smallest absolute Gasteiger partial charge is 0.259 e. The molecule has 0 bridgehead atoms. The van der Waals surface area contributed by atoms with Crippen LogP contribution in [-0.2, 0) is 0 Å². The summed E-state index contributed by atoms with van der Waals surface area (Å²) in [6, 6.07) is 17.4. The molecule has 0 radical (unpaired) electrons. The molecule has 0 saturated carbocycles. The number of aromatic nitrogens is 5. The minimum Gasteiger partial charge on any atom is -0.334 e. The molecule has 0 unspecified atom stereocenters. The van der Waals surface area contributed by atoms with E-state index in [1.807, 2.05) is 54.6 Å². The number of pyridine rings is 3. The van der Waals surface area contributed by atoms with Crippen molar-refractivity contribution in [1.82, 2.24) is 25.1 Å². The van der Waals surface area contributed by atoms with Crippen LogP contribution in [0.2, 0.25) is 0 Å². The van der Waals surface area contributed by atoms with Crippen molar-refractivity contribution in [3.8, 4) is 34.1 Å². The van der Waals surface area contributed by atoms with E-state index in [4.69, 9.17) is 9.51 Å². The van der Waals surface area contributed by atoms with Crippen molar-refractivity contribution in [2.75, 3.05) is 0 Å². The van der Waals surface area contributed by atoms with E-state index in [2.05, 4.69) is 20.1 Å². The van der Waals surface area contributed by atoms with Crippen LogP contribution in [0.1, 0.15) is 0 Å². The van der Waals surface area contributed by atoms with Crippen LogP contribution < -0.4 is 0 Å². The molecule has 0 saturated heterocycles. The lowest BCUT2D eigenvalue weighted by atomic mass is 10.0. The predicted molar refractivity (Wildman–Crippen MR) is 101 cm³/mol. The number of hydrogen-bond acceptors (Lipinski definition) is 6. The zero-order valence-corrected chi connectivity index (χ0v) is 14.1. The topological polar surface area (TPSA) is 77.6 Å². The monoisotopic (exact) mass is 351 g/mol. The lowest BCUT2D eigenvalue weighted by Crippen LogP contribution is -1.90. The summed E-state index contributed by atoms with van der Waals surface area (Å²) in [5, 5.41) is 5.09. The molecule has 0 spiro atoms. The van der Waals surface area contributed by atoms with Crippen LogP contribution >= 0.6 is 0 Å². The molecule has 6 heteroatoms. The van der Waals surface area contributed by atoms with Crippen LogP contribution in [0.25, 0.3) is 45.0 Å². The molecule has 0 atom stereocenters. The highest BCUT2D eigenvalue weighted by Crippen LogP contribution is 2.32. The Morgan fingerprint density at radius 2 is 1.41 bits per heavy atom. The first-order chi connectivity index (χ1) is 13.4. The Balaban J connectivity index is 1.70. The summed E-state index contributed by atoms with van der Waals surface area (Å²) in [6.07, 6.45) is 6.91. The van der Waals surface area contributed by atoms with Crippen molar-refractivity contribution in [2.24, 2.45) is 0 Å². The average Bonchev–Trinajstić information content (AvgIpc) is 3.24. The number of fused-ring (bicyclic) bond motifs is 1. The molecule has 0 N–H and O–H groups in total. The minimum absolute atomic E-state index is 0.454. The quantitative estimate of drug-likeness (QED) is 0.479. The van der Waals surface area contributed by atoms with Gasteiger partial charge in [0.15, 0.2) is 0 Å². The van der Waals surface area contributed by atoms with Crippen LogP contribution in [0.4, 0.5) is 0 Å². The van der Waals surface area contributed by atoms with Gasteiger partial charge >= 0.3 is 0 Å². The third-order valence-electron chi connectivity index (χ3n) is 4.29. The molecule has 0 amide bonds. The molecule has 27 heavy (non-hydrogen) atoms. The first-order valence-corrected chi connectivity index (χ1v) is 8.43. The van der Waals surface area contributed by atoms with E-state index >= 15 is 0 Å². The fraction of sp³-hybridized carbons (Fsp3) is 0. The van der Waals surface area contributed by atoms with Crippen molar-refractivity contribution < 1.29 is 4.52 Å². The van der Waals surface area contributed by atoms with E-state index in [-0.39, 0.29) is 0 Å². The van der Waals surface area contributed by atoms with Crippen LogP contribution in [0.5, 0.6) is 0 Å². The van der Waals surface area contributed by atoms with E-state index in [1.54, 1.807) is 24.8 Å². The molecule has 6 nitrogen and oxygen atoms in total. The molecule has 4 heterocycles. The molecule has 5 rings (SSSR count). The van der Waals surface area contributed by atoms with Gasteiger partial charge in [0.1, 0.15) is 0 Å². The molecule has 0 aliphatic carbocycles. The fourth-order valence-electron chi connectivity index (χ4n) is 2.97. The summed E-state index contributed by atoms with van der Waals surface area (Å²) >= 11 is 0. The van der Waals surface area contributed by atoms with E-state index in [0.29, 0.717) is 11.7 Å². The highest BCUT2D eigenvalue weighted by Gasteiger charge is 2.16. The van der Waals surface area contributed by atoms with Gasteiger partial charge in [-0.1, -0.05) is 23.4 Å². The van der Waals surface area contributed by atoms with Gasteiger partial charge in [-0.15, -0.1) is 0 Å². The van der Waals surface area contributed by atoms with Gasteiger partial charge in [0.2, 0.25) is 5.82 Å². The highest BCUT2D eigenvalue weighted by molar-refractivity contribution is 5.94. The van der Waals surface area contributed by atoms with Crippen molar-refractivity contribution in [2.45, 2.75) is 0 Å². The summed E-state index contributed by atoms with van der Waals surface area (Å²) in [4.78, 5) is 17.5. The zero-order chi connectivity index (χ0) is 18.1. The number of nitrogens with zero attached hydrogens (tertiary/aromatic N) is 5. The summed E-state index contributed by atoms with van der Waals surface area (Å²) in [5.74, 6) is 0.981. The Labute approximate surface area is 154 Å². The molecular formula is C21H13N5O. The molecule has 0 fully saturated rings. The summed E-state index contributed by atoms with van der Waals surface area (Å²) in [7, 11) is 0. The second-order valence-corrected chi connectivity index (χ2v) is 5.97. The number of benzene rings is 1. The second kappa shape index (κ2) is 6.42. The molecule has 0 aliphatic rings. The standard InChI is InChI=1S/C21H13N5O/c1-2-4-18-16(3-1)17(13-19(24-18)14-5-9-22-10-6-14)21-25-20(26-27-21)15-7-11-23-12-8-15/h1-13H. The van der Waals surface area contributed by atoms with Crippen LogP contribution in [-0.4, -0.2) is 25.1 Å². The van der Waals surface area contributed by atoms with Gasteiger partial charge in [0.05, 0.1) is 16.8 Å². The molecular weight excluding hydrogens is 338 g/mol. The fourth-order valence-corrected chi connectivity index (χ4v) is 2.97. The van der Waals surface area contributed by atoms with Crippen LogP contribution in [0, 0.1) is 0 Å². The van der Waals surface area contributed by atoms with Crippen molar-refractivity contribution in [3.05, 3.63) is 79.4 Å². The molecule has 0 aliphatic heterocycles. The zero-order valence-electron chi connectivity index (χ0n) is 14.1. The third kappa shape index (κ3) is 2.83. The number of hydrogen-bond donors (Lipinski definition) is 0. The average molecular weight is 351 g/mol. The van der Waals surface area contributed by atoms with E-state index < -0.39 is 0 Å². The summed E-state index contributed by atoms with van der Waals surface area (Å²) in [5.41, 5.74) is 4.37. The molecule has 128 valence electrons. The van der Waals surface area contributed by atoms with Gasteiger partial charge < -0.3 is 4.52 Å². The van der Waals surface area contributed by atoms with E-state index in [9.17, 15) is 0 Å². The minimum atomic E-state index is 0.454. The predicted octanol–water partition coefficient (Wildman–Crippen LogP) is 4.41. The Hall–Kier alpha value is -3.93. The Morgan fingerprint density at radius 3 is 2.19 bits per heavy atom. The first-order valence-electron chi connectivity index (χ1n) is 8.43. The summed E-state index contributed by atoms with van der Waals surface area (Å²) < 4.78 is 5.58. The Kier molecular flexibility index (Phi) is 3.65. The number of rotatable bonds is 3.